The van der Waals surface area contributed by atoms with Crippen LogP contribution in [0.3, 0.4) is 0 Å². The molecular weight excluding hydrogens is 284 g/mol. The topological polar surface area (TPSA) is 52.0 Å². The summed E-state index contributed by atoms with van der Waals surface area (Å²) in [5, 5.41) is 4.89. The molecule has 0 atom stereocenters. The van der Waals surface area contributed by atoms with Crippen LogP contribution in [0.4, 0.5) is 0 Å². The van der Waals surface area contributed by atoms with Crippen LogP contribution in [-0.2, 0) is 10.0 Å². The smallest absolute Gasteiger partial charge is 0.199 e. The number of aryl methyl sites for hydroxylation is 3. The minimum absolute atomic E-state index is 0.335. The Morgan fingerprint density at radius 3 is 2.29 bits per heavy atom. The molecular formula is C16H16N2O2S. The number of aromatic nitrogens is 2. The summed E-state index contributed by atoms with van der Waals surface area (Å²) in [6.07, 6.45) is 1.58. The highest BCUT2D eigenvalue weighted by Crippen LogP contribution is 2.26. The van der Waals surface area contributed by atoms with Gasteiger partial charge in [-0.1, -0.05) is 35.9 Å². The van der Waals surface area contributed by atoms with Crippen LogP contribution in [0.5, 0.6) is 0 Å². The highest BCUT2D eigenvalue weighted by Gasteiger charge is 2.24. The molecule has 0 N–H and O–H groups in total. The predicted octanol–water partition coefficient (Wildman–Crippen LogP) is 3.20. The molecule has 1 aromatic heterocycles. The monoisotopic (exact) mass is 300 g/mol. The van der Waals surface area contributed by atoms with Gasteiger partial charge in [0.1, 0.15) is 0 Å². The molecule has 0 saturated heterocycles. The van der Waals surface area contributed by atoms with Crippen molar-refractivity contribution in [1.82, 2.24) is 9.19 Å². The second kappa shape index (κ2) is 4.70. The molecule has 108 valence electrons. The first-order chi connectivity index (χ1) is 9.91. The lowest BCUT2D eigenvalue weighted by molar-refractivity contribution is 0.581. The number of hydrogen-bond acceptors (Lipinski definition) is 3. The van der Waals surface area contributed by atoms with Crippen LogP contribution in [0.25, 0.3) is 10.9 Å². The zero-order valence-electron chi connectivity index (χ0n) is 12.2. The van der Waals surface area contributed by atoms with Gasteiger partial charge in [-0.2, -0.15) is 17.6 Å². The Kier molecular flexibility index (Phi) is 3.10. The fourth-order valence-electron chi connectivity index (χ4n) is 2.80. The second-order valence-corrected chi connectivity index (χ2v) is 6.98. The standard InChI is InChI=1S/C16H16N2O2S/c1-11-8-12(2)16(13(3)9-11)21(19,20)18-15-7-5-4-6-14(15)10-17-18/h4-10H,1-3H3. The zero-order chi connectivity index (χ0) is 15.2. The zero-order valence-corrected chi connectivity index (χ0v) is 13.0. The number of para-hydroxylation sites is 1. The number of benzene rings is 2. The van der Waals surface area contributed by atoms with E-state index in [0.717, 1.165) is 26.2 Å². The van der Waals surface area contributed by atoms with E-state index in [4.69, 9.17) is 0 Å². The van der Waals surface area contributed by atoms with Gasteiger partial charge in [-0.25, -0.2) is 0 Å². The van der Waals surface area contributed by atoms with Crippen LogP contribution >= 0.6 is 0 Å². The van der Waals surface area contributed by atoms with Crippen molar-refractivity contribution < 1.29 is 8.42 Å². The van der Waals surface area contributed by atoms with E-state index < -0.39 is 10.0 Å². The van der Waals surface area contributed by atoms with Gasteiger partial charge >= 0.3 is 0 Å². The summed E-state index contributed by atoms with van der Waals surface area (Å²) in [6.45, 7) is 5.59. The van der Waals surface area contributed by atoms with Crippen molar-refractivity contribution in [2.45, 2.75) is 25.7 Å². The van der Waals surface area contributed by atoms with Gasteiger partial charge in [-0.3, -0.25) is 0 Å². The van der Waals surface area contributed by atoms with Crippen molar-refractivity contribution in [3.63, 3.8) is 0 Å². The van der Waals surface area contributed by atoms with Gasteiger partial charge in [0.15, 0.2) is 0 Å². The van der Waals surface area contributed by atoms with Crippen molar-refractivity contribution in [2.75, 3.05) is 0 Å². The van der Waals surface area contributed by atoms with Gasteiger partial charge in [0, 0.05) is 5.39 Å². The summed E-state index contributed by atoms with van der Waals surface area (Å²) in [7, 11) is -3.69. The van der Waals surface area contributed by atoms with Gasteiger partial charge in [0.05, 0.1) is 16.6 Å². The van der Waals surface area contributed by atoms with Crippen LogP contribution in [0.1, 0.15) is 16.7 Å². The highest BCUT2D eigenvalue weighted by molar-refractivity contribution is 7.90. The molecule has 1 heterocycles. The van der Waals surface area contributed by atoms with Gasteiger partial charge in [0.2, 0.25) is 0 Å². The van der Waals surface area contributed by atoms with Crippen LogP contribution in [0.15, 0.2) is 47.5 Å². The first kappa shape index (κ1) is 13.8. The first-order valence-electron chi connectivity index (χ1n) is 6.67. The Labute approximate surface area is 124 Å². The Morgan fingerprint density at radius 1 is 1.00 bits per heavy atom. The number of nitrogens with zero attached hydrogens (tertiary/aromatic N) is 2. The largest absolute Gasteiger partial charge is 0.284 e. The third-order valence-electron chi connectivity index (χ3n) is 3.53. The summed E-state index contributed by atoms with van der Waals surface area (Å²) in [5.41, 5.74) is 3.13. The van der Waals surface area contributed by atoms with Crippen LogP contribution in [0, 0.1) is 20.8 Å². The lowest BCUT2D eigenvalue weighted by Gasteiger charge is -2.12. The lowest BCUT2D eigenvalue weighted by Crippen LogP contribution is -2.17. The van der Waals surface area contributed by atoms with E-state index in [0.29, 0.717) is 10.4 Å². The molecule has 21 heavy (non-hydrogen) atoms. The Morgan fingerprint density at radius 2 is 1.62 bits per heavy atom. The fourth-order valence-corrected chi connectivity index (χ4v) is 4.50. The molecule has 0 unspecified atom stereocenters. The van der Waals surface area contributed by atoms with Crippen molar-refractivity contribution in [2.24, 2.45) is 0 Å². The summed E-state index contributed by atoms with van der Waals surface area (Å²) in [4.78, 5) is 0.335. The van der Waals surface area contributed by atoms with Crippen LogP contribution in [0.2, 0.25) is 0 Å². The predicted molar refractivity (Wildman–Crippen MR) is 83.0 cm³/mol. The molecule has 4 nitrogen and oxygen atoms in total. The normalized spacial score (nSPS) is 12.0. The molecule has 0 aliphatic carbocycles. The van der Waals surface area contributed by atoms with Crippen molar-refractivity contribution in [1.29, 1.82) is 0 Å². The van der Waals surface area contributed by atoms with E-state index in [1.54, 1.807) is 12.3 Å². The van der Waals surface area contributed by atoms with E-state index in [9.17, 15) is 8.42 Å². The van der Waals surface area contributed by atoms with Crippen molar-refractivity contribution in [3.8, 4) is 0 Å². The molecule has 0 spiro atoms. The molecule has 0 aliphatic heterocycles. The lowest BCUT2D eigenvalue weighted by atomic mass is 10.1. The van der Waals surface area contributed by atoms with Crippen LogP contribution in [-0.4, -0.2) is 17.6 Å². The number of fused-ring (bicyclic) bond motifs is 1. The third kappa shape index (κ3) is 2.14. The van der Waals surface area contributed by atoms with Gasteiger partial charge < -0.3 is 0 Å². The Hall–Kier alpha value is -2.14. The minimum atomic E-state index is -3.69. The molecule has 0 aliphatic rings. The van der Waals surface area contributed by atoms with Crippen molar-refractivity contribution >= 4 is 20.9 Å². The van der Waals surface area contributed by atoms with Gasteiger partial charge in [-0.05, 0) is 38.0 Å². The fraction of sp³-hybridized carbons (Fsp3) is 0.188. The summed E-state index contributed by atoms with van der Waals surface area (Å²) in [5.74, 6) is 0. The minimum Gasteiger partial charge on any atom is -0.199 e. The van der Waals surface area contributed by atoms with E-state index in [2.05, 4.69) is 5.10 Å². The number of hydrogen-bond donors (Lipinski definition) is 0. The maximum atomic E-state index is 13.0. The van der Waals surface area contributed by atoms with Gasteiger partial charge in [-0.15, -0.1) is 0 Å². The average Bonchev–Trinajstić information content (AvgIpc) is 2.81. The Balaban J connectivity index is 2.32. The highest BCUT2D eigenvalue weighted by atomic mass is 32.2. The molecule has 0 fully saturated rings. The maximum absolute atomic E-state index is 13.0. The van der Waals surface area contributed by atoms with Gasteiger partial charge in [0.25, 0.3) is 10.0 Å². The second-order valence-electron chi connectivity index (χ2n) is 5.28. The van der Waals surface area contributed by atoms with E-state index in [1.165, 1.54) is 0 Å². The third-order valence-corrected chi connectivity index (χ3v) is 5.44. The molecule has 0 saturated carbocycles. The molecule has 0 bridgehead atoms. The summed E-state index contributed by atoms with van der Waals surface area (Å²) < 4.78 is 27.0. The van der Waals surface area contributed by atoms with E-state index >= 15 is 0 Å². The maximum Gasteiger partial charge on any atom is 0.284 e. The average molecular weight is 300 g/mol. The Bertz CT molecular complexity index is 917. The molecule has 3 rings (SSSR count). The van der Waals surface area contributed by atoms with Crippen molar-refractivity contribution in [3.05, 3.63) is 59.3 Å². The van der Waals surface area contributed by atoms with Crippen LogP contribution < -0.4 is 0 Å². The quantitative estimate of drug-likeness (QED) is 0.730. The summed E-state index contributed by atoms with van der Waals surface area (Å²) >= 11 is 0. The van der Waals surface area contributed by atoms with E-state index in [-0.39, 0.29) is 0 Å². The molecule has 2 aromatic carbocycles. The first-order valence-corrected chi connectivity index (χ1v) is 8.11. The molecule has 0 amide bonds. The SMILES string of the molecule is Cc1cc(C)c(S(=O)(=O)n2ncc3ccccc32)c(C)c1. The molecule has 5 heteroatoms. The summed E-state index contributed by atoms with van der Waals surface area (Å²) in [6, 6.07) is 11.0. The number of rotatable bonds is 2. The van der Waals surface area contributed by atoms with E-state index in [1.807, 2.05) is 51.1 Å². The molecule has 3 aromatic rings. The molecule has 0 radical (unpaired) electrons.